The van der Waals surface area contributed by atoms with Crippen LogP contribution in [0, 0.1) is 0 Å². The summed E-state index contributed by atoms with van der Waals surface area (Å²) in [6.45, 7) is 2.62. The fourth-order valence-electron chi connectivity index (χ4n) is 2.40. The topological polar surface area (TPSA) is 52.0 Å². The molecule has 0 aromatic heterocycles. The highest BCUT2D eigenvalue weighted by Gasteiger charge is 2.34. The standard InChI is InChI=1S/C16H20N2/c1-16(15(18)12-17,13-8-4-2-5-9-13)14-10-6-3-7-11-14/h2-11,15H,12,17-18H2,1H3. The Kier molecular flexibility index (Phi) is 3.80. The summed E-state index contributed by atoms with van der Waals surface area (Å²) in [7, 11) is 0. The van der Waals surface area contributed by atoms with Crippen LogP contribution in [0.15, 0.2) is 60.7 Å². The molecular formula is C16H20N2. The van der Waals surface area contributed by atoms with Gasteiger partial charge >= 0.3 is 0 Å². The van der Waals surface area contributed by atoms with Crippen molar-refractivity contribution in [3.63, 3.8) is 0 Å². The minimum absolute atomic E-state index is 0.109. The smallest absolute Gasteiger partial charge is 0.0337 e. The molecule has 0 radical (unpaired) electrons. The zero-order valence-electron chi connectivity index (χ0n) is 10.7. The number of rotatable bonds is 4. The summed E-state index contributed by atoms with van der Waals surface area (Å²) < 4.78 is 0. The first-order valence-electron chi connectivity index (χ1n) is 6.26. The third kappa shape index (κ3) is 2.17. The predicted molar refractivity (Wildman–Crippen MR) is 76.4 cm³/mol. The number of benzene rings is 2. The van der Waals surface area contributed by atoms with Crippen LogP contribution in [-0.4, -0.2) is 12.6 Å². The Morgan fingerprint density at radius 1 is 0.889 bits per heavy atom. The molecule has 0 aliphatic heterocycles. The summed E-state index contributed by atoms with van der Waals surface area (Å²) in [5.74, 6) is 0. The first-order valence-corrected chi connectivity index (χ1v) is 6.26. The highest BCUT2D eigenvalue weighted by molar-refractivity contribution is 5.40. The molecule has 0 spiro atoms. The molecule has 0 saturated heterocycles. The summed E-state index contributed by atoms with van der Waals surface area (Å²) >= 11 is 0. The lowest BCUT2D eigenvalue weighted by Gasteiger charge is -2.36. The summed E-state index contributed by atoms with van der Waals surface area (Å²) in [4.78, 5) is 0. The van der Waals surface area contributed by atoms with E-state index in [1.54, 1.807) is 0 Å². The van der Waals surface area contributed by atoms with Gasteiger partial charge in [0.2, 0.25) is 0 Å². The van der Waals surface area contributed by atoms with Gasteiger partial charge in [0, 0.05) is 18.0 Å². The van der Waals surface area contributed by atoms with Crippen molar-refractivity contribution in [1.29, 1.82) is 0 Å². The van der Waals surface area contributed by atoms with E-state index in [2.05, 4.69) is 31.2 Å². The minimum Gasteiger partial charge on any atom is -0.329 e. The first-order chi connectivity index (χ1) is 8.69. The van der Waals surface area contributed by atoms with Crippen LogP contribution in [0.5, 0.6) is 0 Å². The molecule has 2 aromatic rings. The van der Waals surface area contributed by atoms with Crippen LogP contribution >= 0.6 is 0 Å². The maximum Gasteiger partial charge on any atom is 0.0337 e. The molecule has 2 heteroatoms. The number of hydrogen-bond donors (Lipinski definition) is 2. The monoisotopic (exact) mass is 240 g/mol. The van der Waals surface area contributed by atoms with E-state index in [4.69, 9.17) is 11.5 Å². The van der Waals surface area contributed by atoms with Crippen molar-refractivity contribution in [2.24, 2.45) is 11.5 Å². The molecule has 2 rings (SSSR count). The van der Waals surface area contributed by atoms with Crippen LogP contribution in [0.3, 0.4) is 0 Å². The average Bonchev–Trinajstić information content (AvgIpc) is 2.47. The normalized spacial score (nSPS) is 13.3. The Hall–Kier alpha value is -1.64. The molecule has 0 saturated carbocycles. The van der Waals surface area contributed by atoms with Crippen LogP contribution in [0.2, 0.25) is 0 Å². The molecule has 94 valence electrons. The van der Waals surface area contributed by atoms with Gasteiger partial charge in [0.1, 0.15) is 0 Å². The molecule has 0 fully saturated rings. The molecule has 4 N–H and O–H groups in total. The van der Waals surface area contributed by atoms with Crippen molar-refractivity contribution in [3.8, 4) is 0 Å². The van der Waals surface area contributed by atoms with Gasteiger partial charge in [-0.05, 0) is 18.1 Å². The Morgan fingerprint density at radius 2 is 1.28 bits per heavy atom. The second kappa shape index (κ2) is 5.34. The zero-order chi connectivity index (χ0) is 13.0. The second-order valence-corrected chi connectivity index (χ2v) is 4.78. The van der Waals surface area contributed by atoms with Gasteiger partial charge in [-0.15, -0.1) is 0 Å². The van der Waals surface area contributed by atoms with Gasteiger partial charge in [-0.2, -0.15) is 0 Å². The minimum atomic E-state index is -0.253. The first kappa shape index (κ1) is 12.8. The van der Waals surface area contributed by atoms with Gasteiger partial charge in [-0.3, -0.25) is 0 Å². The van der Waals surface area contributed by atoms with Crippen LogP contribution in [-0.2, 0) is 5.41 Å². The van der Waals surface area contributed by atoms with Crippen LogP contribution in [0.25, 0.3) is 0 Å². The third-order valence-electron chi connectivity index (χ3n) is 3.74. The van der Waals surface area contributed by atoms with Crippen LogP contribution in [0.1, 0.15) is 18.1 Å². The van der Waals surface area contributed by atoms with E-state index in [1.807, 2.05) is 36.4 Å². The van der Waals surface area contributed by atoms with Crippen molar-refractivity contribution in [2.45, 2.75) is 18.4 Å². The van der Waals surface area contributed by atoms with E-state index in [0.717, 1.165) is 0 Å². The van der Waals surface area contributed by atoms with Crippen molar-refractivity contribution >= 4 is 0 Å². The number of nitrogens with two attached hydrogens (primary N) is 2. The van der Waals surface area contributed by atoms with Gasteiger partial charge in [0.15, 0.2) is 0 Å². The molecule has 0 amide bonds. The molecule has 2 nitrogen and oxygen atoms in total. The molecule has 0 heterocycles. The Labute approximate surface area is 109 Å². The second-order valence-electron chi connectivity index (χ2n) is 4.78. The van der Waals surface area contributed by atoms with Crippen LogP contribution in [0.4, 0.5) is 0 Å². The van der Waals surface area contributed by atoms with E-state index in [9.17, 15) is 0 Å². The highest BCUT2D eigenvalue weighted by atomic mass is 14.8. The van der Waals surface area contributed by atoms with Gasteiger partial charge in [-0.25, -0.2) is 0 Å². The Bertz CT molecular complexity index is 439. The van der Waals surface area contributed by atoms with Crippen molar-refractivity contribution in [2.75, 3.05) is 6.54 Å². The highest BCUT2D eigenvalue weighted by Crippen LogP contribution is 2.34. The Balaban J connectivity index is 2.55. The van der Waals surface area contributed by atoms with Crippen molar-refractivity contribution in [1.82, 2.24) is 0 Å². The molecule has 1 atom stereocenters. The molecule has 1 unspecified atom stereocenters. The summed E-state index contributed by atoms with van der Waals surface area (Å²) in [6, 6.07) is 20.5. The molecule has 0 bridgehead atoms. The van der Waals surface area contributed by atoms with Gasteiger partial charge in [0.25, 0.3) is 0 Å². The van der Waals surface area contributed by atoms with E-state index in [-0.39, 0.29) is 11.5 Å². The predicted octanol–water partition coefficient (Wildman–Crippen LogP) is 2.28. The number of hydrogen-bond acceptors (Lipinski definition) is 2. The van der Waals surface area contributed by atoms with Crippen LogP contribution < -0.4 is 11.5 Å². The molecular weight excluding hydrogens is 220 g/mol. The molecule has 18 heavy (non-hydrogen) atoms. The molecule has 0 aliphatic rings. The largest absolute Gasteiger partial charge is 0.329 e. The van der Waals surface area contributed by atoms with Gasteiger partial charge in [-0.1, -0.05) is 60.7 Å². The van der Waals surface area contributed by atoms with E-state index in [0.29, 0.717) is 6.54 Å². The average molecular weight is 240 g/mol. The maximum atomic E-state index is 6.29. The summed E-state index contributed by atoms with van der Waals surface area (Å²) in [6.07, 6.45) is 0. The lowest BCUT2D eigenvalue weighted by Crippen LogP contribution is -2.48. The maximum absolute atomic E-state index is 6.29. The third-order valence-corrected chi connectivity index (χ3v) is 3.74. The molecule has 2 aromatic carbocycles. The fraction of sp³-hybridized carbons (Fsp3) is 0.250. The fourth-order valence-corrected chi connectivity index (χ4v) is 2.40. The lowest BCUT2D eigenvalue weighted by atomic mass is 9.71. The van der Waals surface area contributed by atoms with Crippen molar-refractivity contribution < 1.29 is 0 Å². The van der Waals surface area contributed by atoms with E-state index in [1.165, 1.54) is 11.1 Å². The SMILES string of the molecule is CC(c1ccccc1)(c1ccccc1)C(N)CN. The van der Waals surface area contributed by atoms with E-state index < -0.39 is 0 Å². The molecule has 0 aliphatic carbocycles. The lowest BCUT2D eigenvalue weighted by molar-refractivity contribution is 0.448. The van der Waals surface area contributed by atoms with Gasteiger partial charge < -0.3 is 11.5 Å². The summed E-state index contributed by atoms with van der Waals surface area (Å²) in [5.41, 5.74) is 14.3. The van der Waals surface area contributed by atoms with Gasteiger partial charge in [0.05, 0.1) is 0 Å². The summed E-state index contributed by atoms with van der Waals surface area (Å²) in [5, 5.41) is 0. The van der Waals surface area contributed by atoms with Crippen molar-refractivity contribution in [3.05, 3.63) is 71.8 Å². The zero-order valence-corrected chi connectivity index (χ0v) is 10.7. The van der Waals surface area contributed by atoms with E-state index >= 15 is 0 Å². The quantitative estimate of drug-likeness (QED) is 0.861. The Morgan fingerprint density at radius 3 is 1.61 bits per heavy atom.